The van der Waals surface area contributed by atoms with Gasteiger partial charge in [0.2, 0.25) is 10.0 Å². The van der Waals surface area contributed by atoms with Gasteiger partial charge in [-0.2, -0.15) is 4.31 Å². The Hall–Kier alpha value is -1.80. The van der Waals surface area contributed by atoms with Crippen molar-refractivity contribution in [2.75, 3.05) is 27.0 Å². The molecule has 0 saturated heterocycles. The van der Waals surface area contributed by atoms with Gasteiger partial charge in [-0.25, -0.2) is 8.42 Å². The van der Waals surface area contributed by atoms with Gasteiger partial charge in [-0.1, -0.05) is 0 Å². The Morgan fingerprint density at radius 2 is 1.91 bits per heavy atom. The number of carboxylic acids is 1. The third kappa shape index (κ3) is 3.17. The minimum Gasteiger partial charge on any atom is -0.493 e. The number of hydrogen-bond acceptors (Lipinski definition) is 5. The molecule has 1 aromatic rings. The van der Waals surface area contributed by atoms with Gasteiger partial charge in [-0.3, -0.25) is 4.79 Å². The maximum absolute atomic E-state index is 11.9. The average molecular weight is 329 g/mol. The van der Waals surface area contributed by atoms with E-state index < -0.39 is 22.0 Å². The molecule has 0 fully saturated rings. The van der Waals surface area contributed by atoms with Crippen LogP contribution in [-0.4, -0.2) is 50.8 Å². The van der Waals surface area contributed by atoms with Crippen molar-refractivity contribution in [3.63, 3.8) is 0 Å². The summed E-state index contributed by atoms with van der Waals surface area (Å²) in [5, 5.41) is 9.12. The monoisotopic (exact) mass is 329 g/mol. The first-order valence-corrected chi connectivity index (χ1v) is 8.56. The molecule has 0 spiro atoms. The number of nitrogens with zero attached hydrogens (tertiary/aromatic N) is 1. The highest BCUT2D eigenvalue weighted by Gasteiger charge is 2.35. The van der Waals surface area contributed by atoms with Crippen LogP contribution in [-0.2, 0) is 21.2 Å². The summed E-state index contributed by atoms with van der Waals surface area (Å²) < 4.78 is 35.6. The van der Waals surface area contributed by atoms with Crippen LogP contribution >= 0.6 is 0 Å². The number of sulfonamides is 1. The fourth-order valence-electron chi connectivity index (χ4n) is 2.78. The van der Waals surface area contributed by atoms with Gasteiger partial charge in [0.25, 0.3) is 0 Å². The van der Waals surface area contributed by atoms with Gasteiger partial charge >= 0.3 is 5.97 Å². The number of rotatable bonds is 5. The van der Waals surface area contributed by atoms with Gasteiger partial charge in [0.05, 0.1) is 32.9 Å². The van der Waals surface area contributed by atoms with Crippen molar-refractivity contribution in [2.45, 2.75) is 18.9 Å². The Morgan fingerprint density at radius 3 is 2.41 bits per heavy atom. The fraction of sp³-hybridized carbons (Fsp3) is 0.500. The maximum Gasteiger partial charge on any atom is 0.305 e. The van der Waals surface area contributed by atoms with E-state index in [2.05, 4.69) is 0 Å². The standard InChI is InChI=1S/C14H19NO6S/c1-20-12-6-9-4-5-15(22(3,18)19)11(8-14(16)17)10(9)7-13(12)21-2/h6-7,11H,4-5,8H2,1-3H3,(H,16,17)/t11-/m0/s1. The lowest BCUT2D eigenvalue weighted by Crippen LogP contribution is -2.40. The smallest absolute Gasteiger partial charge is 0.305 e. The molecule has 0 bridgehead atoms. The Balaban J connectivity index is 2.57. The number of methoxy groups -OCH3 is 2. The van der Waals surface area contributed by atoms with E-state index >= 15 is 0 Å². The summed E-state index contributed by atoms with van der Waals surface area (Å²) in [5.41, 5.74) is 1.53. The van der Waals surface area contributed by atoms with E-state index in [-0.39, 0.29) is 13.0 Å². The second kappa shape index (κ2) is 6.13. The van der Waals surface area contributed by atoms with E-state index in [9.17, 15) is 13.2 Å². The topological polar surface area (TPSA) is 93.1 Å². The summed E-state index contributed by atoms with van der Waals surface area (Å²) in [6.45, 7) is 0.249. The van der Waals surface area contributed by atoms with Crippen molar-refractivity contribution in [3.8, 4) is 11.5 Å². The predicted molar refractivity (Wildman–Crippen MR) is 79.8 cm³/mol. The van der Waals surface area contributed by atoms with E-state index in [1.54, 1.807) is 12.1 Å². The molecule has 0 aromatic heterocycles. The second-order valence-corrected chi connectivity index (χ2v) is 7.08. The van der Waals surface area contributed by atoms with Crippen LogP contribution in [0.15, 0.2) is 12.1 Å². The summed E-state index contributed by atoms with van der Waals surface area (Å²) in [4.78, 5) is 11.1. The summed E-state index contributed by atoms with van der Waals surface area (Å²) in [6.07, 6.45) is 1.29. The molecule has 0 amide bonds. The van der Waals surface area contributed by atoms with Crippen molar-refractivity contribution >= 4 is 16.0 Å². The Morgan fingerprint density at radius 1 is 1.32 bits per heavy atom. The Labute approximate surface area is 129 Å². The van der Waals surface area contributed by atoms with E-state index in [0.717, 1.165) is 11.8 Å². The molecule has 1 heterocycles. The third-order valence-corrected chi connectivity index (χ3v) is 5.04. The molecule has 1 aliphatic heterocycles. The Kier molecular flexibility index (Phi) is 4.62. The van der Waals surface area contributed by atoms with Gasteiger partial charge in [-0.15, -0.1) is 0 Å². The first-order chi connectivity index (χ1) is 10.3. The molecule has 8 heteroatoms. The Bertz CT molecular complexity index is 685. The molecule has 1 atom stereocenters. The number of carbonyl (C=O) groups is 1. The quantitative estimate of drug-likeness (QED) is 0.867. The molecule has 0 unspecified atom stereocenters. The van der Waals surface area contributed by atoms with Crippen LogP contribution in [0.3, 0.4) is 0 Å². The fourth-order valence-corrected chi connectivity index (χ4v) is 3.85. The summed E-state index contributed by atoms with van der Waals surface area (Å²) >= 11 is 0. The van der Waals surface area contributed by atoms with Crippen molar-refractivity contribution in [3.05, 3.63) is 23.3 Å². The molecule has 7 nitrogen and oxygen atoms in total. The van der Waals surface area contributed by atoms with E-state index in [1.807, 2.05) is 0 Å². The number of aliphatic carboxylic acids is 1. The lowest BCUT2D eigenvalue weighted by molar-refractivity contribution is -0.138. The van der Waals surface area contributed by atoms with Crippen molar-refractivity contribution < 1.29 is 27.8 Å². The van der Waals surface area contributed by atoms with Gasteiger partial charge in [0.1, 0.15) is 0 Å². The highest BCUT2D eigenvalue weighted by molar-refractivity contribution is 7.88. The molecule has 0 aliphatic carbocycles. The number of carboxylic acid groups (broad SMARTS) is 1. The van der Waals surface area contributed by atoms with Gasteiger partial charge in [0, 0.05) is 6.54 Å². The van der Waals surface area contributed by atoms with Crippen LogP contribution in [0.2, 0.25) is 0 Å². The van der Waals surface area contributed by atoms with Gasteiger partial charge < -0.3 is 14.6 Å². The van der Waals surface area contributed by atoms with Crippen molar-refractivity contribution in [2.24, 2.45) is 0 Å². The number of hydrogen-bond donors (Lipinski definition) is 1. The predicted octanol–water partition coefficient (Wildman–Crippen LogP) is 1.04. The van der Waals surface area contributed by atoms with Crippen molar-refractivity contribution in [1.29, 1.82) is 0 Å². The summed E-state index contributed by atoms with van der Waals surface area (Å²) in [7, 11) is -0.502. The number of fused-ring (bicyclic) bond motifs is 1. The normalized spacial score (nSPS) is 18.6. The van der Waals surface area contributed by atoms with E-state index in [1.165, 1.54) is 18.5 Å². The first-order valence-electron chi connectivity index (χ1n) is 6.71. The number of benzene rings is 1. The van der Waals surface area contributed by atoms with Crippen molar-refractivity contribution in [1.82, 2.24) is 4.31 Å². The van der Waals surface area contributed by atoms with Crippen LogP contribution in [0.1, 0.15) is 23.6 Å². The maximum atomic E-state index is 11.9. The highest BCUT2D eigenvalue weighted by atomic mass is 32.2. The largest absolute Gasteiger partial charge is 0.493 e. The lowest BCUT2D eigenvalue weighted by Gasteiger charge is -2.35. The minimum absolute atomic E-state index is 0.249. The molecule has 22 heavy (non-hydrogen) atoms. The average Bonchev–Trinajstić information content (AvgIpc) is 2.44. The minimum atomic E-state index is -3.50. The van der Waals surface area contributed by atoms with Crippen LogP contribution < -0.4 is 9.47 Å². The van der Waals surface area contributed by atoms with Crippen LogP contribution in [0.5, 0.6) is 11.5 Å². The molecule has 122 valence electrons. The highest BCUT2D eigenvalue weighted by Crippen LogP contribution is 2.40. The summed E-state index contributed by atoms with van der Waals surface area (Å²) in [5.74, 6) is -0.0589. The van der Waals surface area contributed by atoms with Gasteiger partial charge in [-0.05, 0) is 29.7 Å². The molecule has 1 N–H and O–H groups in total. The van der Waals surface area contributed by atoms with E-state index in [0.29, 0.717) is 23.5 Å². The zero-order chi connectivity index (χ0) is 16.5. The van der Waals surface area contributed by atoms with E-state index in [4.69, 9.17) is 14.6 Å². The third-order valence-electron chi connectivity index (χ3n) is 3.75. The molecule has 1 aromatic carbocycles. The lowest BCUT2D eigenvalue weighted by atomic mass is 9.92. The van der Waals surface area contributed by atoms with Crippen LogP contribution in [0.25, 0.3) is 0 Å². The molecular formula is C14H19NO6S. The molecular weight excluding hydrogens is 310 g/mol. The molecule has 0 radical (unpaired) electrons. The molecule has 2 rings (SSSR count). The zero-order valence-corrected chi connectivity index (χ0v) is 13.5. The molecule has 1 aliphatic rings. The first kappa shape index (κ1) is 16.6. The van der Waals surface area contributed by atoms with Gasteiger partial charge in [0.15, 0.2) is 11.5 Å². The zero-order valence-electron chi connectivity index (χ0n) is 12.7. The second-order valence-electron chi connectivity index (χ2n) is 5.14. The molecule has 0 saturated carbocycles. The number of ether oxygens (including phenoxy) is 2. The summed E-state index contributed by atoms with van der Waals surface area (Å²) in [6, 6.07) is 2.71. The van der Waals surface area contributed by atoms with Crippen LogP contribution in [0, 0.1) is 0 Å². The van der Waals surface area contributed by atoms with Crippen LogP contribution in [0.4, 0.5) is 0 Å². The SMILES string of the molecule is COc1cc2c(cc1OC)[C@H](CC(=O)O)N(S(C)(=O)=O)CC2.